The molecule has 3 rings (SSSR count). The third-order valence-corrected chi connectivity index (χ3v) is 5.24. The number of hydrogen-bond donors (Lipinski definition) is 3. The molecule has 2 amide bonds. The average Bonchev–Trinajstić information content (AvgIpc) is 2.96. The first kappa shape index (κ1) is 18.1. The standard InChI is InChI=1S/C21H23N2O3/c22-19(25)18-17-9-5-4-8-15(17)12-21(18,20(23)26)13-16(24)11-10-14-6-2-1-3-7-14/h1-9,11,16,18,24H,10,12-13H2,(H2,22,25)(H2,23,26)/t16-,18+,21?/m0/s1. The zero-order valence-corrected chi connectivity index (χ0v) is 14.5. The van der Waals surface area contributed by atoms with Gasteiger partial charge in [-0.05, 0) is 42.4 Å². The molecule has 0 aliphatic heterocycles. The number of fused-ring (bicyclic) bond motifs is 1. The van der Waals surface area contributed by atoms with E-state index in [-0.39, 0.29) is 6.42 Å². The molecule has 5 N–H and O–H groups in total. The maximum absolute atomic E-state index is 12.4. The van der Waals surface area contributed by atoms with Crippen molar-refractivity contribution in [2.24, 2.45) is 16.9 Å². The number of benzene rings is 2. The Morgan fingerprint density at radius 2 is 1.77 bits per heavy atom. The average molecular weight is 351 g/mol. The first-order valence-electron chi connectivity index (χ1n) is 8.66. The fourth-order valence-corrected chi connectivity index (χ4v) is 4.00. The Morgan fingerprint density at radius 1 is 1.12 bits per heavy atom. The van der Waals surface area contributed by atoms with E-state index in [1.54, 1.807) is 12.5 Å². The molecule has 0 saturated carbocycles. The van der Waals surface area contributed by atoms with E-state index in [1.807, 2.05) is 48.5 Å². The summed E-state index contributed by atoms with van der Waals surface area (Å²) in [6.07, 6.45) is 1.80. The van der Waals surface area contributed by atoms with Crippen molar-refractivity contribution in [3.63, 3.8) is 0 Å². The molecule has 2 aromatic rings. The van der Waals surface area contributed by atoms with Gasteiger partial charge in [-0.3, -0.25) is 9.59 Å². The summed E-state index contributed by atoms with van der Waals surface area (Å²) in [6, 6.07) is 17.0. The molecule has 5 heteroatoms. The van der Waals surface area contributed by atoms with E-state index in [0.717, 1.165) is 16.7 Å². The smallest absolute Gasteiger partial charge is 0.226 e. The minimum absolute atomic E-state index is 0.0669. The predicted molar refractivity (Wildman–Crippen MR) is 98.8 cm³/mol. The van der Waals surface area contributed by atoms with Crippen molar-refractivity contribution in [3.05, 3.63) is 77.7 Å². The third-order valence-electron chi connectivity index (χ3n) is 5.24. The van der Waals surface area contributed by atoms with Gasteiger partial charge in [0.2, 0.25) is 11.8 Å². The molecule has 0 saturated heterocycles. The van der Waals surface area contributed by atoms with Gasteiger partial charge in [-0.25, -0.2) is 0 Å². The molecule has 0 fully saturated rings. The Kier molecular flexibility index (Phi) is 5.09. The lowest BCUT2D eigenvalue weighted by atomic mass is 9.70. The second-order valence-corrected chi connectivity index (χ2v) is 6.93. The zero-order chi connectivity index (χ0) is 18.7. The molecule has 135 valence electrons. The summed E-state index contributed by atoms with van der Waals surface area (Å²) in [4.78, 5) is 24.6. The molecule has 2 aromatic carbocycles. The second kappa shape index (κ2) is 7.30. The summed E-state index contributed by atoms with van der Waals surface area (Å²) in [6.45, 7) is 0. The number of nitrogens with two attached hydrogens (primary N) is 2. The highest BCUT2D eigenvalue weighted by Gasteiger charge is 2.53. The molecule has 1 radical (unpaired) electrons. The van der Waals surface area contributed by atoms with E-state index < -0.39 is 29.3 Å². The molecule has 1 unspecified atom stereocenters. The fourth-order valence-electron chi connectivity index (χ4n) is 4.00. The molecule has 0 aromatic heterocycles. The van der Waals surface area contributed by atoms with E-state index in [9.17, 15) is 14.7 Å². The zero-order valence-electron chi connectivity index (χ0n) is 14.5. The number of aliphatic hydroxyl groups is 1. The highest BCUT2D eigenvalue weighted by Crippen LogP contribution is 2.50. The van der Waals surface area contributed by atoms with Crippen LogP contribution in [0.5, 0.6) is 0 Å². The predicted octanol–water partition coefficient (Wildman–Crippen LogP) is 1.48. The van der Waals surface area contributed by atoms with Crippen LogP contribution in [-0.4, -0.2) is 23.0 Å². The monoisotopic (exact) mass is 351 g/mol. The SMILES string of the molecule is NC(=O)[C@H]1c2ccccc2CC1(C[C@@H](O)[CH]Cc1ccccc1)C(N)=O. The van der Waals surface area contributed by atoms with Crippen LogP contribution in [0.2, 0.25) is 0 Å². The topological polar surface area (TPSA) is 106 Å². The number of aliphatic hydroxyl groups excluding tert-OH is 1. The second-order valence-electron chi connectivity index (χ2n) is 6.93. The molecular weight excluding hydrogens is 328 g/mol. The Morgan fingerprint density at radius 3 is 2.42 bits per heavy atom. The van der Waals surface area contributed by atoms with Gasteiger partial charge in [-0.2, -0.15) is 0 Å². The largest absolute Gasteiger partial charge is 0.393 e. The number of carbonyl (C=O) groups excluding carboxylic acids is 2. The summed E-state index contributed by atoms with van der Waals surface area (Å²) in [7, 11) is 0. The van der Waals surface area contributed by atoms with Gasteiger partial charge in [0, 0.05) is 0 Å². The Balaban J connectivity index is 1.82. The minimum Gasteiger partial charge on any atom is -0.393 e. The van der Waals surface area contributed by atoms with E-state index in [1.165, 1.54) is 0 Å². The summed E-state index contributed by atoms with van der Waals surface area (Å²) in [5.74, 6) is -2.02. The van der Waals surface area contributed by atoms with Crippen LogP contribution < -0.4 is 11.5 Å². The quantitative estimate of drug-likeness (QED) is 0.703. The van der Waals surface area contributed by atoms with Crippen molar-refractivity contribution in [3.8, 4) is 0 Å². The highest BCUT2D eigenvalue weighted by molar-refractivity contribution is 5.95. The van der Waals surface area contributed by atoms with E-state index >= 15 is 0 Å². The number of carbonyl (C=O) groups is 2. The molecule has 1 aliphatic rings. The maximum atomic E-state index is 12.4. The van der Waals surface area contributed by atoms with Crippen molar-refractivity contribution in [2.75, 3.05) is 0 Å². The Labute approximate surface area is 153 Å². The summed E-state index contributed by atoms with van der Waals surface area (Å²) < 4.78 is 0. The lowest BCUT2D eigenvalue weighted by Gasteiger charge is -2.33. The summed E-state index contributed by atoms with van der Waals surface area (Å²) in [5.41, 5.74) is 12.8. The van der Waals surface area contributed by atoms with Crippen molar-refractivity contribution in [2.45, 2.75) is 31.3 Å². The van der Waals surface area contributed by atoms with E-state index in [0.29, 0.717) is 12.8 Å². The van der Waals surface area contributed by atoms with E-state index in [2.05, 4.69) is 0 Å². The number of amides is 2. The maximum Gasteiger partial charge on any atom is 0.226 e. The number of rotatable bonds is 7. The van der Waals surface area contributed by atoms with Crippen molar-refractivity contribution < 1.29 is 14.7 Å². The normalized spacial score (nSPS) is 22.6. The molecule has 0 spiro atoms. The van der Waals surface area contributed by atoms with Gasteiger partial charge in [0.1, 0.15) is 0 Å². The van der Waals surface area contributed by atoms with Crippen molar-refractivity contribution in [1.82, 2.24) is 0 Å². The first-order chi connectivity index (χ1) is 12.4. The van der Waals surface area contributed by atoms with Crippen LogP contribution in [0.3, 0.4) is 0 Å². The Hall–Kier alpha value is -2.66. The van der Waals surface area contributed by atoms with Crippen LogP contribution in [0.1, 0.15) is 29.0 Å². The van der Waals surface area contributed by atoms with Crippen LogP contribution in [0.4, 0.5) is 0 Å². The van der Waals surface area contributed by atoms with Crippen molar-refractivity contribution in [1.29, 1.82) is 0 Å². The Bertz CT molecular complexity index is 806. The number of primary amides is 2. The van der Waals surface area contributed by atoms with Crippen molar-refractivity contribution >= 4 is 11.8 Å². The molecule has 1 aliphatic carbocycles. The summed E-state index contributed by atoms with van der Waals surface area (Å²) in [5, 5.41) is 10.5. The first-order valence-corrected chi connectivity index (χ1v) is 8.66. The summed E-state index contributed by atoms with van der Waals surface area (Å²) >= 11 is 0. The lowest BCUT2D eigenvalue weighted by Crippen LogP contribution is -2.47. The molecule has 0 heterocycles. The van der Waals surface area contributed by atoms with Crippen LogP contribution in [-0.2, 0) is 22.4 Å². The fraction of sp³-hybridized carbons (Fsp3) is 0.286. The highest BCUT2D eigenvalue weighted by atomic mass is 16.3. The minimum atomic E-state index is -1.21. The van der Waals surface area contributed by atoms with Gasteiger partial charge >= 0.3 is 0 Å². The van der Waals surface area contributed by atoms with Crippen LogP contribution in [0.15, 0.2) is 54.6 Å². The molecule has 0 bridgehead atoms. The molecule has 5 nitrogen and oxygen atoms in total. The van der Waals surface area contributed by atoms with Gasteiger partial charge in [0.05, 0.1) is 17.4 Å². The van der Waals surface area contributed by atoms with E-state index in [4.69, 9.17) is 11.5 Å². The number of hydrogen-bond acceptors (Lipinski definition) is 3. The van der Waals surface area contributed by atoms with Crippen LogP contribution in [0, 0.1) is 11.8 Å². The third kappa shape index (κ3) is 3.35. The molecular formula is C21H23N2O3. The van der Waals surface area contributed by atoms with Gasteiger partial charge in [-0.1, -0.05) is 54.6 Å². The lowest BCUT2D eigenvalue weighted by molar-refractivity contribution is -0.136. The molecule has 3 atom stereocenters. The van der Waals surface area contributed by atoms with Gasteiger partial charge in [0.15, 0.2) is 0 Å². The van der Waals surface area contributed by atoms with Gasteiger partial charge < -0.3 is 16.6 Å². The van der Waals surface area contributed by atoms with Gasteiger partial charge in [-0.15, -0.1) is 0 Å². The van der Waals surface area contributed by atoms with Crippen LogP contribution in [0.25, 0.3) is 0 Å². The van der Waals surface area contributed by atoms with Gasteiger partial charge in [0.25, 0.3) is 0 Å². The van der Waals surface area contributed by atoms with Crippen LogP contribution >= 0.6 is 0 Å². The molecule has 26 heavy (non-hydrogen) atoms.